The molecular formula is C17H28N2O2. The number of methoxy groups -OCH3 is 1. The second kappa shape index (κ2) is 8.80. The minimum atomic E-state index is -0.197. The molecule has 0 spiro atoms. The molecule has 0 aliphatic carbocycles. The number of carbonyl (C=O) groups is 1. The lowest BCUT2D eigenvalue weighted by atomic mass is 10.0. The Balaban J connectivity index is 2.65. The topological polar surface area (TPSA) is 55.6 Å². The van der Waals surface area contributed by atoms with E-state index >= 15 is 0 Å². The Labute approximate surface area is 128 Å². The van der Waals surface area contributed by atoms with E-state index in [4.69, 9.17) is 10.5 Å². The summed E-state index contributed by atoms with van der Waals surface area (Å²) in [5.74, 6) is 0.0891. The average molecular weight is 292 g/mol. The number of aryl methyl sites for hydroxylation is 1. The normalized spacial score (nSPS) is 13.8. The molecule has 1 aromatic carbocycles. The first-order chi connectivity index (χ1) is 10.0. The van der Waals surface area contributed by atoms with Crippen molar-refractivity contribution >= 4 is 5.91 Å². The van der Waals surface area contributed by atoms with Crippen LogP contribution in [0.3, 0.4) is 0 Å². The van der Waals surface area contributed by atoms with E-state index in [1.807, 2.05) is 11.9 Å². The lowest BCUT2D eigenvalue weighted by Crippen LogP contribution is -2.40. The molecule has 1 amide bonds. The number of benzene rings is 1. The molecule has 2 N–H and O–H groups in total. The maximum absolute atomic E-state index is 12.3. The smallest absolute Gasteiger partial charge is 0.225 e. The number of amides is 1. The zero-order valence-corrected chi connectivity index (χ0v) is 13.6. The Morgan fingerprint density at radius 1 is 1.33 bits per heavy atom. The van der Waals surface area contributed by atoms with E-state index in [-0.39, 0.29) is 18.1 Å². The molecule has 0 saturated carbocycles. The summed E-state index contributed by atoms with van der Waals surface area (Å²) in [6.45, 7) is 4.55. The van der Waals surface area contributed by atoms with E-state index < -0.39 is 0 Å². The Kier molecular flexibility index (Phi) is 7.40. The Bertz CT molecular complexity index is 427. The highest BCUT2D eigenvalue weighted by Crippen LogP contribution is 2.14. The maximum Gasteiger partial charge on any atom is 0.225 e. The molecule has 0 heterocycles. The van der Waals surface area contributed by atoms with Crippen LogP contribution in [0.5, 0.6) is 0 Å². The number of hydrogen-bond acceptors (Lipinski definition) is 3. The van der Waals surface area contributed by atoms with Crippen LogP contribution in [-0.4, -0.2) is 43.7 Å². The van der Waals surface area contributed by atoms with Gasteiger partial charge in [-0.05, 0) is 25.3 Å². The highest BCUT2D eigenvalue weighted by Gasteiger charge is 2.21. The lowest BCUT2D eigenvalue weighted by molar-refractivity contribution is -0.134. The van der Waals surface area contributed by atoms with Gasteiger partial charge in [0, 0.05) is 26.7 Å². The van der Waals surface area contributed by atoms with Crippen molar-refractivity contribution in [2.24, 2.45) is 5.73 Å². The number of rotatable bonds is 8. The van der Waals surface area contributed by atoms with E-state index in [9.17, 15) is 4.79 Å². The van der Waals surface area contributed by atoms with Gasteiger partial charge < -0.3 is 15.4 Å². The third-order valence-corrected chi connectivity index (χ3v) is 4.00. The standard InChI is InChI=1S/C17H28N2O2/c1-5-15(10-14-8-6-13(2)7-9-14)19(3)17(20)11-16(12-18)21-4/h6-9,15-16H,5,10-12,18H2,1-4H3. The second-order valence-electron chi connectivity index (χ2n) is 5.55. The van der Waals surface area contributed by atoms with Crippen LogP contribution >= 0.6 is 0 Å². The van der Waals surface area contributed by atoms with Crippen LogP contribution in [-0.2, 0) is 16.0 Å². The molecule has 1 aromatic rings. The molecule has 0 saturated heterocycles. The fourth-order valence-electron chi connectivity index (χ4n) is 2.36. The van der Waals surface area contributed by atoms with Crippen molar-refractivity contribution in [1.29, 1.82) is 0 Å². The number of nitrogens with two attached hydrogens (primary N) is 1. The van der Waals surface area contributed by atoms with E-state index in [1.165, 1.54) is 11.1 Å². The van der Waals surface area contributed by atoms with Crippen LogP contribution in [0, 0.1) is 6.92 Å². The van der Waals surface area contributed by atoms with Gasteiger partial charge in [0.15, 0.2) is 0 Å². The highest BCUT2D eigenvalue weighted by atomic mass is 16.5. The molecule has 0 aromatic heterocycles. The summed E-state index contributed by atoms with van der Waals surface area (Å²) < 4.78 is 5.19. The van der Waals surface area contributed by atoms with Crippen LogP contribution in [0.25, 0.3) is 0 Å². The van der Waals surface area contributed by atoms with Crippen molar-refractivity contribution in [3.63, 3.8) is 0 Å². The predicted molar refractivity (Wildman–Crippen MR) is 86.2 cm³/mol. The third-order valence-electron chi connectivity index (χ3n) is 4.00. The summed E-state index contributed by atoms with van der Waals surface area (Å²) in [5, 5.41) is 0. The first-order valence-corrected chi connectivity index (χ1v) is 7.55. The van der Waals surface area contributed by atoms with Gasteiger partial charge in [0.1, 0.15) is 0 Å². The minimum Gasteiger partial charge on any atom is -0.380 e. The van der Waals surface area contributed by atoms with Gasteiger partial charge in [-0.3, -0.25) is 4.79 Å². The molecule has 0 radical (unpaired) electrons. The zero-order chi connectivity index (χ0) is 15.8. The second-order valence-corrected chi connectivity index (χ2v) is 5.55. The highest BCUT2D eigenvalue weighted by molar-refractivity contribution is 5.76. The van der Waals surface area contributed by atoms with E-state index in [1.54, 1.807) is 7.11 Å². The molecular weight excluding hydrogens is 264 g/mol. The van der Waals surface area contributed by atoms with Crippen molar-refractivity contribution in [2.45, 2.75) is 45.3 Å². The Morgan fingerprint density at radius 3 is 2.43 bits per heavy atom. The molecule has 0 bridgehead atoms. The first-order valence-electron chi connectivity index (χ1n) is 7.55. The first kappa shape index (κ1) is 17.7. The number of hydrogen-bond donors (Lipinski definition) is 1. The van der Waals surface area contributed by atoms with Gasteiger partial charge in [-0.15, -0.1) is 0 Å². The molecule has 4 nitrogen and oxygen atoms in total. The Hall–Kier alpha value is -1.39. The predicted octanol–water partition coefficient (Wildman–Crippen LogP) is 2.14. The van der Waals surface area contributed by atoms with Crippen LogP contribution in [0.1, 0.15) is 30.9 Å². The SMILES string of the molecule is CCC(Cc1ccc(C)cc1)N(C)C(=O)CC(CN)OC. The number of ether oxygens (including phenoxy) is 1. The summed E-state index contributed by atoms with van der Waals surface area (Å²) in [6, 6.07) is 8.69. The summed E-state index contributed by atoms with van der Waals surface area (Å²) in [7, 11) is 3.46. The van der Waals surface area contributed by atoms with Crippen molar-refractivity contribution in [1.82, 2.24) is 4.90 Å². The molecule has 0 fully saturated rings. The molecule has 21 heavy (non-hydrogen) atoms. The summed E-state index contributed by atoms with van der Waals surface area (Å²) in [4.78, 5) is 14.1. The van der Waals surface area contributed by atoms with Crippen molar-refractivity contribution in [2.75, 3.05) is 20.7 Å². The van der Waals surface area contributed by atoms with Gasteiger partial charge in [0.2, 0.25) is 5.91 Å². The van der Waals surface area contributed by atoms with Crippen LogP contribution < -0.4 is 5.73 Å². The molecule has 118 valence electrons. The van der Waals surface area contributed by atoms with Gasteiger partial charge in [0.05, 0.1) is 12.5 Å². The molecule has 4 heteroatoms. The van der Waals surface area contributed by atoms with Crippen LogP contribution in [0.15, 0.2) is 24.3 Å². The number of carbonyl (C=O) groups excluding carboxylic acids is 1. The number of likely N-dealkylation sites (N-methyl/N-ethyl adjacent to an activating group) is 1. The summed E-state index contributed by atoms with van der Waals surface area (Å²) in [5.41, 5.74) is 8.09. The maximum atomic E-state index is 12.3. The zero-order valence-electron chi connectivity index (χ0n) is 13.6. The third kappa shape index (κ3) is 5.48. The van der Waals surface area contributed by atoms with E-state index in [0.29, 0.717) is 13.0 Å². The lowest BCUT2D eigenvalue weighted by Gasteiger charge is -2.29. The minimum absolute atomic E-state index is 0.0891. The largest absolute Gasteiger partial charge is 0.380 e. The number of nitrogens with zero attached hydrogens (tertiary/aromatic N) is 1. The van der Waals surface area contributed by atoms with Gasteiger partial charge in [-0.25, -0.2) is 0 Å². The molecule has 1 rings (SSSR count). The fourth-order valence-corrected chi connectivity index (χ4v) is 2.36. The van der Waals surface area contributed by atoms with Crippen molar-refractivity contribution < 1.29 is 9.53 Å². The summed E-state index contributed by atoms with van der Waals surface area (Å²) in [6.07, 6.45) is 1.95. The Morgan fingerprint density at radius 2 is 1.95 bits per heavy atom. The fraction of sp³-hybridized carbons (Fsp3) is 0.588. The van der Waals surface area contributed by atoms with Crippen molar-refractivity contribution in [3.8, 4) is 0 Å². The summed E-state index contributed by atoms with van der Waals surface area (Å²) >= 11 is 0. The van der Waals surface area contributed by atoms with Crippen LogP contribution in [0.4, 0.5) is 0 Å². The van der Waals surface area contributed by atoms with Gasteiger partial charge >= 0.3 is 0 Å². The van der Waals surface area contributed by atoms with Gasteiger partial charge in [0.25, 0.3) is 0 Å². The van der Waals surface area contributed by atoms with Gasteiger partial charge in [-0.2, -0.15) is 0 Å². The van der Waals surface area contributed by atoms with Crippen LogP contribution in [0.2, 0.25) is 0 Å². The molecule has 2 unspecified atom stereocenters. The van der Waals surface area contributed by atoms with E-state index in [2.05, 4.69) is 38.1 Å². The average Bonchev–Trinajstić information content (AvgIpc) is 2.51. The molecule has 2 atom stereocenters. The molecule has 0 aliphatic rings. The quantitative estimate of drug-likeness (QED) is 0.798. The van der Waals surface area contributed by atoms with E-state index in [0.717, 1.165) is 12.8 Å². The van der Waals surface area contributed by atoms with Gasteiger partial charge in [-0.1, -0.05) is 36.8 Å². The monoisotopic (exact) mass is 292 g/mol. The van der Waals surface area contributed by atoms with Crippen molar-refractivity contribution in [3.05, 3.63) is 35.4 Å². The molecule has 0 aliphatic heterocycles.